The average Bonchev–Trinajstić information content (AvgIpc) is 3.49. The van der Waals surface area contributed by atoms with Gasteiger partial charge in [-0.15, -0.1) is 0 Å². The number of nitrogens with zero attached hydrogens (tertiary/aromatic N) is 4. The van der Waals surface area contributed by atoms with Gasteiger partial charge in [0.05, 0.1) is 12.6 Å². The number of carbonyl (C=O) groups excluding carboxylic acids is 1. The van der Waals surface area contributed by atoms with Crippen LogP contribution in [0.5, 0.6) is 0 Å². The minimum Gasteiger partial charge on any atom is -0.403 e. The summed E-state index contributed by atoms with van der Waals surface area (Å²) in [6.07, 6.45) is 5.25. The summed E-state index contributed by atoms with van der Waals surface area (Å²) in [6, 6.07) is 0.874. The Bertz CT molecular complexity index is 1170. The van der Waals surface area contributed by atoms with E-state index in [1.165, 1.54) is 6.20 Å². The molecular weight excluding hydrogens is 511 g/mol. The van der Waals surface area contributed by atoms with Gasteiger partial charge in [0.2, 0.25) is 11.9 Å². The van der Waals surface area contributed by atoms with Gasteiger partial charge in [-0.25, -0.2) is 23.2 Å². The summed E-state index contributed by atoms with van der Waals surface area (Å²) in [4.78, 5) is 25.8. The van der Waals surface area contributed by atoms with Crippen molar-refractivity contribution in [3.63, 3.8) is 0 Å². The third-order valence-corrected chi connectivity index (χ3v) is 7.29. The number of amidine groups is 1. The topological polar surface area (TPSA) is 119 Å². The normalized spacial score (nSPS) is 25.5. The summed E-state index contributed by atoms with van der Waals surface area (Å²) >= 11 is 0. The molecule has 2 fully saturated rings. The maximum absolute atomic E-state index is 14.5. The molecule has 2 heterocycles. The Hall–Kier alpha value is -3.54. The van der Waals surface area contributed by atoms with E-state index in [0.717, 1.165) is 12.8 Å². The number of anilines is 1. The highest BCUT2D eigenvalue weighted by Crippen LogP contribution is 2.34. The fraction of sp³-hybridized carbons (Fsp3) is 0.519. The van der Waals surface area contributed by atoms with Crippen molar-refractivity contribution in [2.75, 3.05) is 18.5 Å². The van der Waals surface area contributed by atoms with Crippen LogP contribution in [0.25, 0.3) is 0 Å². The number of aliphatic hydroxyl groups excluding tert-OH is 1. The SMILES string of the molecule is C=C(/N=C1\C(=C/N)N=C(Nc2c(F)cc(F)cc2F)N1[C@H]1CC[C@@H](C(=O)N2CCC[C@@H]2CO)CC1)NC(C)C. The van der Waals surface area contributed by atoms with Crippen molar-refractivity contribution in [3.05, 3.63) is 53.9 Å². The molecule has 12 heteroatoms. The van der Waals surface area contributed by atoms with E-state index in [-0.39, 0.29) is 48.2 Å². The van der Waals surface area contributed by atoms with E-state index in [0.29, 0.717) is 56.0 Å². The molecule has 0 spiro atoms. The second-order valence-corrected chi connectivity index (χ2v) is 10.4. The van der Waals surface area contributed by atoms with Gasteiger partial charge in [-0.1, -0.05) is 6.58 Å². The first kappa shape index (κ1) is 28.5. The van der Waals surface area contributed by atoms with Crippen LogP contribution in [0, 0.1) is 23.4 Å². The second kappa shape index (κ2) is 12.1. The van der Waals surface area contributed by atoms with Gasteiger partial charge in [0.25, 0.3) is 0 Å². The third kappa shape index (κ3) is 6.21. The summed E-state index contributed by atoms with van der Waals surface area (Å²) in [5.74, 6) is -2.60. The van der Waals surface area contributed by atoms with Gasteiger partial charge in [0.1, 0.15) is 23.0 Å². The summed E-state index contributed by atoms with van der Waals surface area (Å²) in [5, 5.41) is 15.4. The molecular formula is C27H36F3N7O2. The lowest BCUT2D eigenvalue weighted by molar-refractivity contribution is -0.138. The van der Waals surface area contributed by atoms with Crippen molar-refractivity contribution in [1.29, 1.82) is 0 Å². The maximum Gasteiger partial charge on any atom is 0.226 e. The lowest BCUT2D eigenvalue weighted by Gasteiger charge is -2.37. The number of aliphatic hydroxyl groups is 1. The molecule has 9 nitrogen and oxygen atoms in total. The zero-order chi connectivity index (χ0) is 28.3. The first-order valence-electron chi connectivity index (χ1n) is 13.3. The summed E-state index contributed by atoms with van der Waals surface area (Å²) in [6.45, 7) is 8.42. The number of hydrogen-bond acceptors (Lipinski definition) is 7. The van der Waals surface area contributed by atoms with Crippen LogP contribution in [0.1, 0.15) is 52.4 Å². The second-order valence-electron chi connectivity index (χ2n) is 10.4. The Morgan fingerprint density at radius 1 is 1.23 bits per heavy atom. The smallest absolute Gasteiger partial charge is 0.226 e. The average molecular weight is 548 g/mol. The van der Waals surface area contributed by atoms with E-state index in [4.69, 9.17) is 5.73 Å². The summed E-state index contributed by atoms with van der Waals surface area (Å²) in [7, 11) is 0. The van der Waals surface area contributed by atoms with Crippen LogP contribution in [0.15, 0.2) is 46.4 Å². The van der Waals surface area contributed by atoms with Gasteiger partial charge >= 0.3 is 0 Å². The number of aliphatic imine (C=N–C) groups is 2. The molecule has 0 aromatic heterocycles. The van der Waals surface area contributed by atoms with Crippen LogP contribution in [0.3, 0.4) is 0 Å². The largest absolute Gasteiger partial charge is 0.403 e. The molecule has 1 amide bonds. The minimum atomic E-state index is -1.11. The van der Waals surface area contributed by atoms with Gasteiger partial charge in [-0.2, -0.15) is 0 Å². The van der Waals surface area contributed by atoms with Crippen LogP contribution in [0.4, 0.5) is 18.9 Å². The van der Waals surface area contributed by atoms with Crippen LogP contribution in [-0.2, 0) is 4.79 Å². The van der Waals surface area contributed by atoms with E-state index in [2.05, 4.69) is 27.2 Å². The fourth-order valence-electron chi connectivity index (χ4n) is 5.50. The number of likely N-dealkylation sites (tertiary alicyclic amines) is 1. The van der Waals surface area contributed by atoms with Crippen LogP contribution in [-0.4, -0.2) is 63.9 Å². The Morgan fingerprint density at radius 3 is 2.49 bits per heavy atom. The predicted octanol–water partition coefficient (Wildman–Crippen LogP) is 3.40. The number of hydrogen-bond donors (Lipinski definition) is 4. The number of nitrogens with two attached hydrogens (primary N) is 1. The number of rotatable bonds is 7. The molecule has 39 heavy (non-hydrogen) atoms. The van der Waals surface area contributed by atoms with Crippen molar-refractivity contribution in [1.82, 2.24) is 15.1 Å². The molecule has 3 aliphatic rings. The molecule has 1 saturated carbocycles. The molecule has 0 unspecified atom stereocenters. The number of benzene rings is 1. The molecule has 4 rings (SSSR count). The van der Waals surface area contributed by atoms with Gasteiger partial charge in [0.15, 0.2) is 17.5 Å². The molecule has 1 saturated heterocycles. The molecule has 0 radical (unpaired) electrons. The minimum absolute atomic E-state index is 0.0425. The quantitative estimate of drug-likeness (QED) is 0.416. The molecule has 1 aliphatic carbocycles. The van der Waals surface area contributed by atoms with E-state index in [1.54, 1.807) is 9.80 Å². The number of carbonyl (C=O) groups is 1. The van der Waals surface area contributed by atoms with Crippen molar-refractivity contribution in [2.24, 2.45) is 21.6 Å². The first-order valence-corrected chi connectivity index (χ1v) is 13.3. The number of nitrogens with one attached hydrogen (secondary N) is 2. The number of halogens is 3. The maximum atomic E-state index is 14.5. The van der Waals surface area contributed by atoms with Crippen LogP contribution >= 0.6 is 0 Å². The highest BCUT2D eigenvalue weighted by Gasteiger charge is 2.40. The zero-order valence-corrected chi connectivity index (χ0v) is 22.3. The van der Waals surface area contributed by atoms with Gasteiger partial charge in [0, 0.05) is 42.9 Å². The molecule has 1 aromatic rings. The highest BCUT2D eigenvalue weighted by molar-refractivity contribution is 6.18. The Morgan fingerprint density at radius 2 is 1.90 bits per heavy atom. The third-order valence-electron chi connectivity index (χ3n) is 7.29. The summed E-state index contributed by atoms with van der Waals surface area (Å²) in [5.41, 5.74) is 5.58. The van der Waals surface area contributed by atoms with Crippen LogP contribution < -0.4 is 16.4 Å². The van der Waals surface area contributed by atoms with Crippen molar-refractivity contribution in [3.8, 4) is 0 Å². The van der Waals surface area contributed by atoms with E-state index in [9.17, 15) is 23.1 Å². The Kier molecular flexibility index (Phi) is 8.83. The van der Waals surface area contributed by atoms with Gasteiger partial charge in [-0.3, -0.25) is 9.69 Å². The molecule has 2 aliphatic heterocycles. The highest BCUT2D eigenvalue weighted by atomic mass is 19.1. The number of guanidine groups is 1. The number of amides is 1. The fourth-order valence-corrected chi connectivity index (χ4v) is 5.50. The Labute approximate surface area is 226 Å². The van der Waals surface area contributed by atoms with E-state index < -0.39 is 23.1 Å². The Balaban J connectivity index is 1.60. The molecule has 212 valence electrons. The van der Waals surface area contributed by atoms with Crippen LogP contribution in [0.2, 0.25) is 0 Å². The van der Waals surface area contributed by atoms with Crippen molar-refractivity contribution >= 4 is 23.4 Å². The predicted molar refractivity (Wildman–Crippen MR) is 144 cm³/mol. The van der Waals surface area contributed by atoms with E-state index in [1.807, 2.05) is 13.8 Å². The van der Waals surface area contributed by atoms with Crippen molar-refractivity contribution < 1.29 is 23.1 Å². The lowest BCUT2D eigenvalue weighted by atomic mass is 9.84. The summed E-state index contributed by atoms with van der Waals surface area (Å²) < 4.78 is 42.6. The molecule has 1 aromatic carbocycles. The van der Waals surface area contributed by atoms with Crippen molar-refractivity contribution in [2.45, 2.75) is 70.5 Å². The lowest BCUT2D eigenvalue weighted by Crippen LogP contribution is -2.48. The molecule has 0 bridgehead atoms. The zero-order valence-electron chi connectivity index (χ0n) is 22.3. The van der Waals surface area contributed by atoms with Gasteiger partial charge in [-0.05, 0) is 52.4 Å². The first-order chi connectivity index (χ1) is 18.6. The molecule has 5 N–H and O–H groups in total. The van der Waals surface area contributed by atoms with E-state index >= 15 is 0 Å². The standard InChI is InChI=1S/C27H36F3N7O2/c1-15(2)32-16(3)33-25-23(13-31)34-27(35-24-21(29)11-18(28)12-22(24)30)37(25)19-8-6-17(7-9-19)26(39)36-10-4-5-20(36)14-38/h11-13,15,17,19-20,32,38H,3-10,14,31H2,1-2H3,(H,34,35)/b23-13+,33-25+/t17-,19+,20-/m1/s1. The monoisotopic (exact) mass is 547 g/mol. The molecule has 1 atom stereocenters. The van der Waals surface area contributed by atoms with Gasteiger partial charge < -0.3 is 26.4 Å².